The number of halogens is 2. The Hall–Kier alpha value is -0.560. The fraction of sp³-hybridized carbons (Fsp3) is 0.500. The Kier molecular flexibility index (Phi) is 4.40. The van der Waals surface area contributed by atoms with Gasteiger partial charge in [0.15, 0.2) is 0 Å². The first-order valence-corrected chi connectivity index (χ1v) is 5.48. The lowest BCUT2D eigenvalue weighted by atomic mass is 9.92. The molecule has 0 aliphatic carbocycles. The van der Waals surface area contributed by atoms with E-state index in [0.717, 1.165) is 12.0 Å². The number of hydrogen-bond acceptors (Lipinski definition) is 0. The van der Waals surface area contributed by atoms with Crippen LogP contribution in [0.5, 0.6) is 0 Å². The van der Waals surface area contributed by atoms with Gasteiger partial charge >= 0.3 is 0 Å². The molecule has 78 valence electrons. The minimum absolute atomic E-state index is 0.188. The van der Waals surface area contributed by atoms with Gasteiger partial charge in [-0.15, -0.1) is 11.6 Å². The maximum Gasteiger partial charge on any atom is 0.123 e. The first-order valence-electron chi connectivity index (χ1n) is 4.95. The van der Waals surface area contributed by atoms with Gasteiger partial charge in [-0.25, -0.2) is 4.39 Å². The van der Waals surface area contributed by atoms with E-state index in [-0.39, 0.29) is 5.82 Å². The van der Waals surface area contributed by atoms with Gasteiger partial charge in [-0.2, -0.15) is 0 Å². The molecule has 0 saturated carbocycles. The van der Waals surface area contributed by atoms with Crippen molar-refractivity contribution in [1.82, 2.24) is 0 Å². The lowest BCUT2D eigenvalue weighted by Crippen LogP contribution is -2.04. The van der Waals surface area contributed by atoms with Crippen LogP contribution in [-0.4, -0.2) is 5.88 Å². The molecule has 0 bridgehead atoms. The van der Waals surface area contributed by atoms with Crippen LogP contribution < -0.4 is 0 Å². The van der Waals surface area contributed by atoms with Crippen molar-refractivity contribution >= 4 is 11.6 Å². The summed E-state index contributed by atoms with van der Waals surface area (Å²) >= 11 is 5.89. The Balaban J connectivity index is 2.73. The highest BCUT2D eigenvalue weighted by molar-refractivity contribution is 6.18. The van der Waals surface area contributed by atoms with Crippen LogP contribution in [0, 0.1) is 11.7 Å². The van der Waals surface area contributed by atoms with Gasteiger partial charge in [-0.1, -0.05) is 26.0 Å². The van der Waals surface area contributed by atoms with Gasteiger partial charge in [0, 0.05) is 5.88 Å². The third-order valence-corrected chi connectivity index (χ3v) is 2.66. The van der Waals surface area contributed by atoms with Crippen LogP contribution in [0.25, 0.3) is 0 Å². The number of rotatable bonds is 4. The molecule has 14 heavy (non-hydrogen) atoms. The molecular formula is C12H16ClF. The molecule has 0 spiro atoms. The average molecular weight is 215 g/mol. The average Bonchev–Trinajstić information content (AvgIpc) is 2.15. The van der Waals surface area contributed by atoms with Crippen LogP contribution in [0.4, 0.5) is 4.39 Å². The molecule has 1 aromatic carbocycles. The van der Waals surface area contributed by atoms with E-state index in [4.69, 9.17) is 11.6 Å². The fourth-order valence-corrected chi connectivity index (χ4v) is 1.90. The normalized spacial score (nSPS) is 13.2. The standard InChI is InChI=1S/C12H16ClF/c1-9(2)7-11(8-13)10-3-5-12(14)6-4-10/h3-6,9,11H,7-8H2,1-2H3. The number of benzene rings is 1. The number of hydrogen-bond donors (Lipinski definition) is 0. The molecule has 0 fully saturated rings. The predicted octanol–water partition coefficient (Wildman–Crippen LogP) is 4.19. The molecule has 0 aromatic heterocycles. The lowest BCUT2D eigenvalue weighted by molar-refractivity contribution is 0.525. The number of alkyl halides is 1. The lowest BCUT2D eigenvalue weighted by Gasteiger charge is -2.16. The van der Waals surface area contributed by atoms with Crippen molar-refractivity contribution in [3.05, 3.63) is 35.6 Å². The molecule has 1 atom stereocenters. The van der Waals surface area contributed by atoms with Crippen LogP contribution in [0.3, 0.4) is 0 Å². The summed E-state index contributed by atoms with van der Waals surface area (Å²) < 4.78 is 12.7. The molecule has 0 nitrogen and oxygen atoms in total. The van der Waals surface area contributed by atoms with E-state index in [1.807, 2.05) is 12.1 Å². The first-order chi connectivity index (χ1) is 6.63. The maximum atomic E-state index is 12.7. The van der Waals surface area contributed by atoms with Crippen LogP contribution in [0.2, 0.25) is 0 Å². The molecular weight excluding hydrogens is 199 g/mol. The highest BCUT2D eigenvalue weighted by Gasteiger charge is 2.11. The quantitative estimate of drug-likeness (QED) is 0.660. The molecule has 0 radical (unpaired) electrons. The van der Waals surface area contributed by atoms with Gasteiger partial charge in [0.2, 0.25) is 0 Å². The van der Waals surface area contributed by atoms with Crippen molar-refractivity contribution in [3.63, 3.8) is 0 Å². The molecule has 2 heteroatoms. The Bertz CT molecular complexity index is 266. The van der Waals surface area contributed by atoms with Gasteiger partial charge in [0.1, 0.15) is 5.82 Å². The zero-order chi connectivity index (χ0) is 10.6. The summed E-state index contributed by atoms with van der Waals surface area (Å²) in [6.45, 7) is 4.34. The SMILES string of the molecule is CC(C)CC(CCl)c1ccc(F)cc1. The zero-order valence-corrected chi connectivity index (χ0v) is 9.39. The van der Waals surface area contributed by atoms with Crippen LogP contribution >= 0.6 is 11.6 Å². The molecule has 1 aromatic rings. The highest BCUT2D eigenvalue weighted by Crippen LogP contribution is 2.25. The van der Waals surface area contributed by atoms with E-state index in [0.29, 0.717) is 17.7 Å². The Morgan fingerprint density at radius 1 is 1.21 bits per heavy atom. The van der Waals surface area contributed by atoms with Crippen molar-refractivity contribution in [2.75, 3.05) is 5.88 Å². The molecule has 0 aliphatic rings. The monoisotopic (exact) mass is 214 g/mol. The molecule has 0 saturated heterocycles. The topological polar surface area (TPSA) is 0 Å². The van der Waals surface area contributed by atoms with Crippen LogP contribution in [0.1, 0.15) is 31.7 Å². The maximum absolute atomic E-state index is 12.7. The van der Waals surface area contributed by atoms with E-state index < -0.39 is 0 Å². The summed E-state index contributed by atoms with van der Waals surface area (Å²) in [5, 5.41) is 0. The summed E-state index contributed by atoms with van der Waals surface area (Å²) in [6, 6.07) is 6.64. The third kappa shape index (κ3) is 3.30. The molecule has 0 heterocycles. The fourth-order valence-electron chi connectivity index (χ4n) is 1.59. The van der Waals surface area contributed by atoms with Crippen LogP contribution in [0.15, 0.2) is 24.3 Å². The van der Waals surface area contributed by atoms with Crippen molar-refractivity contribution in [2.24, 2.45) is 5.92 Å². The van der Waals surface area contributed by atoms with E-state index >= 15 is 0 Å². The summed E-state index contributed by atoms with van der Waals surface area (Å²) in [6.07, 6.45) is 1.05. The van der Waals surface area contributed by atoms with Crippen molar-refractivity contribution in [1.29, 1.82) is 0 Å². The summed E-state index contributed by atoms with van der Waals surface area (Å²) in [7, 11) is 0. The second-order valence-electron chi connectivity index (χ2n) is 4.03. The van der Waals surface area contributed by atoms with E-state index in [1.54, 1.807) is 0 Å². The summed E-state index contributed by atoms with van der Waals surface area (Å²) in [5.41, 5.74) is 1.13. The summed E-state index contributed by atoms with van der Waals surface area (Å²) in [5.74, 6) is 1.37. The third-order valence-electron chi connectivity index (χ3n) is 2.28. The minimum atomic E-state index is -0.188. The highest BCUT2D eigenvalue weighted by atomic mass is 35.5. The Labute approximate surface area is 90.1 Å². The minimum Gasteiger partial charge on any atom is -0.207 e. The van der Waals surface area contributed by atoms with Gasteiger partial charge < -0.3 is 0 Å². The molecule has 0 amide bonds. The van der Waals surface area contributed by atoms with E-state index in [1.165, 1.54) is 12.1 Å². The molecule has 0 aliphatic heterocycles. The second kappa shape index (κ2) is 5.35. The van der Waals surface area contributed by atoms with Gasteiger partial charge in [-0.05, 0) is 36.0 Å². The summed E-state index contributed by atoms with van der Waals surface area (Å²) in [4.78, 5) is 0. The molecule has 1 rings (SSSR count). The van der Waals surface area contributed by atoms with Gasteiger partial charge in [0.25, 0.3) is 0 Å². The molecule has 1 unspecified atom stereocenters. The Morgan fingerprint density at radius 3 is 2.21 bits per heavy atom. The van der Waals surface area contributed by atoms with E-state index in [2.05, 4.69) is 13.8 Å². The smallest absolute Gasteiger partial charge is 0.123 e. The second-order valence-corrected chi connectivity index (χ2v) is 4.34. The Morgan fingerprint density at radius 2 is 1.79 bits per heavy atom. The first kappa shape index (κ1) is 11.5. The molecule has 0 N–H and O–H groups in total. The zero-order valence-electron chi connectivity index (χ0n) is 8.63. The largest absolute Gasteiger partial charge is 0.207 e. The van der Waals surface area contributed by atoms with Crippen molar-refractivity contribution in [3.8, 4) is 0 Å². The van der Waals surface area contributed by atoms with Crippen LogP contribution in [-0.2, 0) is 0 Å². The predicted molar refractivity (Wildman–Crippen MR) is 59.3 cm³/mol. The van der Waals surface area contributed by atoms with E-state index in [9.17, 15) is 4.39 Å². The van der Waals surface area contributed by atoms with Gasteiger partial charge in [-0.3, -0.25) is 0 Å². The van der Waals surface area contributed by atoms with Crippen molar-refractivity contribution < 1.29 is 4.39 Å². The van der Waals surface area contributed by atoms with Crippen molar-refractivity contribution in [2.45, 2.75) is 26.2 Å². The van der Waals surface area contributed by atoms with Gasteiger partial charge in [0.05, 0.1) is 0 Å².